The molecule has 0 aliphatic rings. The highest BCUT2D eigenvalue weighted by atomic mass is 35.5. The number of anilines is 1. The molecule has 0 atom stereocenters. The number of nitrogen functional groups attached to an aromatic ring is 1. The highest BCUT2D eigenvalue weighted by Crippen LogP contribution is 2.25. The van der Waals surface area contributed by atoms with E-state index in [1.54, 1.807) is 0 Å². The molecule has 1 rings (SSSR count). The van der Waals surface area contributed by atoms with E-state index in [0.29, 0.717) is 5.69 Å². The van der Waals surface area contributed by atoms with Crippen LogP contribution in [0.4, 0.5) is 5.69 Å². The number of rotatable bonds is 4. The van der Waals surface area contributed by atoms with Gasteiger partial charge in [-0.25, -0.2) is 16.8 Å². The van der Waals surface area contributed by atoms with Crippen LogP contribution in [-0.2, 0) is 19.7 Å². The fraction of sp³-hybridized carbons (Fsp3) is 0.500. The Balaban J connectivity index is 3.03. The summed E-state index contributed by atoms with van der Waals surface area (Å²) in [6, 6.07) is 4.03. The molecule has 8 heteroatoms. The number of halogens is 1. The average Bonchev–Trinajstić information content (AvgIpc) is 2.24. The second-order valence-electron chi connectivity index (χ2n) is 5.44. The van der Waals surface area contributed by atoms with Gasteiger partial charge in [0.25, 0.3) is 0 Å². The lowest BCUT2D eigenvalue weighted by atomic mass is 10.3. The first-order chi connectivity index (χ1) is 8.87. The van der Waals surface area contributed by atoms with E-state index in [-0.39, 0.29) is 9.92 Å². The van der Waals surface area contributed by atoms with E-state index >= 15 is 0 Å². The lowest BCUT2D eigenvalue weighted by Gasteiger charge is -2.19. The minimum atomic E-state index is -3.77. The van der Waals surface area contributed by atoms with E-state index < -0.39 is 35.9 Å². The lowest BCUT2D eigenvalue weighted by molar-refractivity contribution is 0.559. The zero-order valence-corrected chi connectivity index (χ0v) is 13.9. The standard InChI is InChI=1S/C12H18ClNO4S2/c1-12(2,3)20(17,18)7-6-19(15,16)11-5-4-9(14)8-10(11)13/h4-5,8H,6-7,14H2,1-3H3. The highest BCUT2D eigenvalue weighted by Gasteiger charge is 2.31. The second kappa shape index (κ2) is 5.54. The molecule has 0 bridgehead atoms. The van der Waals surface area contributed by atoms with Crippen LogP contribution in [0.15, 0.2) is 23.1 Å². The molecule has 0 aromatic heterocycles. The van der Waals surface area contributed by atoms with E-state index in [9.17, 15) is 16.8 Å². The van der Waals surface area contributed by atoms with Crippen LogP contribution in [0.25, 0.3) is 0 Å². The molecule has 0 spiro atoms. The zero-order valence-electron chi connectivity index (χ0n) is 11.6. The quantitative estimate of drug-likeness (QED) is 0.845. The summed E-state index contributed by atoms with van der Waals surface area (Å²) < 4.78 is 47.2. The van der Waals surface area contributed by atoms with Crippen molar-refractivity contribution < 1.29 is 16.8 Å². The molecule has 20 heavy (non-hydrogen) atoms. The van der Waals surface area contributed by atoms with Crippen molar-refractivity contribution in [1.29, 1.82) is 0 Å². The summed E-state index contributed by atoms with van der Waals surface area (Å²) in [6.07, 6.45) is 0. The van der Waals surface area contributed by atoms with Crippen LogP contribution in [0.3, 0.4) is 0 Å². The van der Waals surface area contributed by atoms with E-state index in [1.165, 1.54) is 39.0 Å². The number of sulfone groups is 2. The Morgan fingerprint density at radius 1 is 1.10 bits per heavy atom. The van der Waals surface area contributed by atoms with Gasteiger partial charge in [-0.1, -0.05) is 11.6 Å². The zero-order chi connectivity index (χ0) is 15.8. The summed E-state index contributed by atoms with van der Waals surface area (Å²) in [5.41, 5.74) is 5.84. The van der Waals surface area contributed by atoms with Crippen LogP contribution in [0.2, 0.25) is 5.02 Å². The Morgan fingerprint density at radius 3 is 2.10 bits per heavy atom. The normalized spacial score (nSPS) is 13.4. The molecule has 0 fully saturated rings. The van der Waals surface area contributed by atoms with Gasteiger partial charge in [0.2, 0.25) is 0 Å². The number of hydrogen-bond donors (Lipinski definition) is 1. The van der Waals surface area contributed by atoms with Crippen molar-refractivity contribution in [1.82, 2.24) is 0 Å². The van der Waals surface area contributed by atoms with Crippen molar-refractivity contribution in [3.8, 4) is 0 Å². The molecule has 0 aliphatic carbocycles. The largest absolute Gasteiger partial charge is 0.399 e. The molecule has 114 valence electrons. The third-order valence-electron chi connectivity index (χ3n) is 2.84. The molecule has 0 saturated heterocycles. The Hall–Kier alpha value is -0.790. The topological polar surface area (TPSA) is 94.3 Å². The van der Waals surface area contributed by atoms with Gasteiger partial charge < -0.3 is 5.73 Å². The number of nitrogens with two attached hydrogens (primary N) is 1. The maximum absolute atomic E-state index is 12.1. The van der Waals surface area contributed by atoms with Gasteiger partial charge in [-0.2, -0.15) is 0 Å². The molecule has 0 heterocycles. The fourth-order valence-electron chi connectivity index (χ4n) is 1.40. The molecule has 1 aromatic rings. The lowest BCUT2D eigenvalue weighted by Crippen LogP contribution is -2.33. The van der Waals surface area contributed by atoms with Crippen LogP contribution in [0.1, 0.15) is 20.8 Å². The van der Waals surface area contributed by atoms with Gasteiger partial charge in [0, 0.05) is 5.69 Å². The maximum atomic E-state index is 12.1. The average molecular weight is 340 g/mol. The predicted octanol–water partition coefficient (Wildman–Crippen LogP) is 1.91. The first kappa shape index (κ1) is 17.3. The summed E-state index contributed by atoms with van der Waals surface area (Å²) in [7, 11) is -7.27. The van der Waals surface area contributed by atoms with Crippen LogP contribution in [0.5, 0.6) is 0 Å². The van der Waals surface area contributed by atoms with Crippen molar-refractivity contribution >= 4 is 37.0 Å². The Morgan fingerprint density at radius 2 is 1.65 bits per heavy atom. The van der Waals surface area contributed by atoms with Gasteiger partial charge in [-0.15, -0.1) is 0 Å². The smallest absolute Gasteiger partial charge is 0.180 e. The monoisotopic (exact) mass is 339 g/mol. The fourth-order valence-corrected chi connectivity index (χ4v) is 5.17. The summed E-state index contributed by atoms with van der Waals surface area (Å²) in [5, 5.41) is -0.00171. The Bertz CT molecular complexity index is 703. The second-order valence-corrected chi connectivity index (χ2v) is 10.8. The summed E-state index contributed by atoms with van der Waals surface area (Å²) in [5.74, 6) is -0.949. The molecule has 0 amide bonds. The maximum Gasteiger partial charge on any atom is 0.180 e. The van der Waals surface area contributed by atoms with E-state index in [0.717, 1.165) is 0 Å². The van der Waals surface area contributed by atoms with E-state index in [2.05, 4.69) is 0 Å². The molecule has 0 saturated carbocycles. The minimum Gasteiger partial charge on any atom is -0.399 e. The van der Waals surface area contributed by atoms with Crippen LogP contribution in [0, 0.1) is 0 Å². The predicted molar refractivity (Wildman–Crippen MR) is 81.5 cm³/mol. The van der Waals surface area contributed by atoms with Gasteiger partial charge in [0.05, 0.1) is 26.2 Å². The molecule has 1 aromatic carbocycles. The number of benzene rings is 1. The highest BCUT2D eigenvalue weighted by molar-refractivity contribution is 7.95. The first-order valence-electron chi connectivity index (χ1n) is 5.87. The molecular formula is C12H18ClNO4S2. The Kier molecular flexibility index (Phi) is 4.78. The van der Waals surface area contributed by atoms with Gasteiger partial charge >= 0.3 is 0 Å². The summed E-state index contributed by atoms with van der Waals surface area (Å²) in [4.78, 5) is -0.0996. The van der Waals surface area contributed by atoms with E-state index in [4.69, 9.17) is 17.3 Å². The van der Waals surface area contributed by atoms with Crippen molar-refractivity contribution in [3.63, 3.8) is 0 Å². The van der Waals surface area contributed by atoms with Crippen molar-refractivity contribution in [2.24, 2.45) is 0 Å². The summed E-state index contributed by atoms with van der Waals surface area (Å²) >= 11 is 5.85. The SMILES string of the molecule is CC(C)(C)S(=O)(=O)CCS(=O)(=O)c1ccc(N)cc1Cl. The van der Waals surface area contributed by atoms with Gasteiger partial charge in [0.15, 0.2) is 19.7 Å². The first-order valence-corrected chi connectivity index (χ1v) is 9.55. The third-order valence-corrected chi connectivity index (χ3v) is 7.90. The molecule has 0 aliphatic heterocycles. The van der Waals surface area contributed by atoms with Crippen molar-refractivity contribution in [2.45, 2.75) is 30.4 Å². The molecule has 0 unspecified atom stereocenters. The third kappa shape index (κ3) is 3.86. The van der Waals surface area contributed by atoms with Crippen molar-refractivity contribution in [3.05, 3.63) is 23.2 Å². The Labute approximate surface area is 125 Å². The number of hydrogen-bond acceptors (Lipinski definition) is 5. The van der Waals surface area contributed by atoms with Crippen LogP contribution < -0.4 is 5.73 Å². The van der Waals surface area contributed by atoms with E-state index in [1.807, 2.05) is 0 Å². The van der Waals surface area contributed by atoms with Gasteiger partial charge in [-0.05, 0) is 39.0 Å². The molecule has 5 nitrogen and oxygen atoms in total. The molecule has 0 radical (unpaired) electrons. The van der Waals surface area contributed by atoms with Crippen molar-refractivity contribution in [2.75, 3.05) is 17.2 Å². The van der Waals surface area contributed by atoms with Gasteiger partial charge in [0.1, 0.15) is 0 Å². The summed E-state index contributed by atoms with van der Waals surface area (Å²) in [6.45, 7) is 4.60. The molecule has 2 N–H and O–H groups in total. The van der Waals surface area contributed by atoms with Gasteiger partial charge in [-0.3, -0.25) is 0 Å². The minimum absolute atomic E-state index is 0.00171. The molecular weight excluding hydrogens is 322 g/mol. The van der Waals surface area contributed by atoms with Crippen LogP contribution >= 0.6 is 11.6 Å². The van der Waals surface area contributed by atoms with Crippen LogP contribution in [-0.4, -0.2) is 33.1 Å².